The normalized spacial score (nSPS) is 11.4. The Bertz CT molecular complexity index is 799. The van der Waals surface area contributed by atoms with Crippen LogP contribution in [0.2, 0.25) is 0 Å². The number of hydrogen-bond acceptors (Lipinski definition) is 6. The minimum Gasteiger partial charge on any atom is -0.489 e. The van der Waals surface area contributed by atoms with Gasteiger partial charge in [0.25, 0.3) is 12.3 Å². The van der Waals surface area contributed by atoms with Crippen LogP contribution in [0.15, 0.2) is 66.4 Å². The zero-order chi connectivity index (χ0) is 19.7. The maximum atomic E-state index is 12.0. The van der Waals surface area contributed by atoms with Crippen molar-refractivity contribution in [3.05, 3.63) is 71.9 Å². The lowest BCUT2D eigenvalue weighted by molar-refractivity contribution is -0.204. The largest absolute Gasteiger partial charge is 0.489 e. The first-order valence-electron chi connectivity index (χ1n) is 8.44. The molecule has 6 nitrogen and oxygen atoms in total. The first-order valence-corrected chi connectivity index (χ1v) is 8.44. The quantitative estimate of drug-likeness (QED) is 0.311. The Morgan fingerprint density at radius 3 is 2.56 bits per heavy atom. The number of carbonyl (C=O) groups is 2. The van der Waals surface area contributed by atoms with Gasteiger partial charge in [0.2, 0.25) is 0 Å². The predicted molar refractivity (Wildman–Crippen MR) is 102 cm³/mol. The molecule has 0 aliphatic rings. The fourth-order valence-electron chi connectivity index (χ4n) is 2.11. The number of carbonyl (C=O) groups excluding carboxylic acids is 2. The van der Waals surface area contributed by atoms with Crippen molar-refractivity contribution in [2.75, 3.05) is 5.32 Å². The summed E-state index contributed by atoms with van der Waals surface area (Å²) < 4.78 is 15.6. The van der Waals surface area contributed by atoms with E-state index in [0.29, 0.717) is 17.9 Å². The van der Waals surface area contributed by atoms with E-state index in [4.69, 9.17) is 14.2 Å². The first-order chi connectivity index (χ1) is 12.9. The summed E-state index contributed by atoms with van der Waals surface area (Å²) in [6, 6.07) is 17.3. The SMILES string of the molecule is C/C(=C\Nc1cccc(OCc2ccccc2)c1)C(=O)OC(C)(C)OC=O. The van der Waals surface area contributed by atoms with Gasteiger partial charge in [-0.1, -0.05) is 36.4 Å². The number of nitrogens with one attached hydrogen (secondary N) is 1. The van der Waals surface area contributed by atoms with Crippen LogP contribution in [0.3, 0.4) is 0 Å². The molecule has 2 rings (SSSR count). The fourth-order valence-corrected chi connectivity index (χ4v) is 2.11. The third-order valence-electron chi connectivity index (χ3n) is 3.53. The number of ether oxygens (including phenoxy) is 3. The molecule has 0 saturated carbocycles. The molecule has 0 aromatic heterocycles. The van der Waals surface area contributed by atoms with Crippen molar-refractivity contribution < 1.29 is 23.8 Å². The highest BCUT2D eigenvalue weighted by Gasteiger charge is 2.24. The molecule has 0 fully saturated rings. The van der Waals surface area contributed by atoms with Crippen molar-refractivity contribution >= 4 is 18.1 Å². The highest BCUT2D eigenvalue weighted by atomic mass is 16.7. The molecule has 0 amide bonds. The number of benzene rings is 2. The van der Waals surface area contributed by atoms with E-state index < -0.39 is 11.8 Å². The van der Waals surface area contributed by atoms with Gasteiger partial charge in [0, 0.05) is 31.8 Å². The van der Waals surface area contributed by atoms with Crippen LogP contribution < -0.4 is 10.1 Å². The van der Waals surface area contributed by atoms with Crippen molar-refractivity contribution in [3.63, 3.8) is 0 Å². The standard InChI is InChI=1S/C21H23NO5/c1-16(20(24)27-21(2,3)26-15-23)13-22-18-10-7-11-19(12-18)25-14-17-8-5-4-6-9-17/h4-13,15,22H,14H2,1-3H3/b16-13+. The van der Waals surface area contributed by atoms with E-state index in [1.165, 1.54) is 20.0 Å². The average molecular weight is 369 g/mol. The second-order valence-corrected chi connectivity index (χ2v) is 6.28. The van der Waals surface area contributed by atoms with Crippen LogP contribution in [0, 0.1) is 0 Å². The maximum Gasteiger partial charge on any atom is 0.338 e. The van der Waals surface area contributed by atoms with E-state index >= 15 is 0 Å². The monoisotopic (exact) mass is 369 g/mol. The molecule has 27 heavy (non-hydrogen) atoms. The molecular formula is C21H23NO5. The highest BCUT2D eigenvalue weighted by Crippen LogP contribution is 2.19. The fraction of sp³-hybridized carbons (Fsp3) is 0.238. The molecule has 142 valence electrons. The third-order valence-corrected chi connectivity index (χ3v) is 3.53. The second-order valence-electron chi connectivity index (χ2n) is 6.28. The summed E-state index contributed by atoms with van der Waals surface area (Å²) in [6.45, 7) is 5.27. The van der Waals surface area contributed by atoms with E-state index in [1.54, 1.807) is 6.92 Å². The van der Waals surface area contributed by atoms with Crippen LogP contribution in [0.5, 0.6) is 5.75 Å². The highest BCUT2D eigenvalue weighted by molar-refractivity contribution is 5.88. The Morgan fingerprint density at radius 1 is 1.11 bits per heavy atom. The summed E-state index contributed by atoms with van der Waals surface area (Å²) in [7, 11) is 0. The summed E-state index contributed by atoms with van der Waals surface area (Å²) in [6.07, 6.45) is 1.52. The third kappa shape index (κ3) is 6.86. The summed E-state index contributed by atoms with van der Waals surface area (Å²) >= 11 is 0. The predicted octanol–water partition coefficient (Wildman–Crippen LogP) is 4.03. The lowest BCUT2D eigenvalue weighted by Gasteiger charge is -2.22. The molecule has 0 atom stereocenters. The van der Waals surface area contributed by atoms with Crippen LogP contribution >= 0.6 is 0 Å². The van der Waals surface area contributed by atoms with Gasteiger partial charge in [0.1, 0.15) is 12.4 Å². The Labute approximate surface area is 158 Å². The molecule has 0 aliphatic carbocycles. The molecule has 0 spiro atoms. The van der Waals surface area contributed by atoms with E-state index in [2.05, 4.69) is 5.32 Å². The maximum absolute atomic E-state index is 12.0. The number of esters is 1. The smallest absolute Gasteiger partial charge is 0.338 e. The second kappa shape index (κ2) is 9.43. The van der Waals surface area contributed by atoms with Gasteiger partial charge in [0.15, 0.2) is 0 Å². The average Bonchev–Trinajstić information content (AvgIpc) is 2.65. The zero-order valence-electron chi connectivity index (χ0n) is 15.6. The van der Waals surface area contributed by atoms with Crippen molar-refractivity contribution in [1.82, 2.24) is 0 Å². The summed E-state index contributed by atoms with van der Waals surface area (Å²) in [5.41, 5.74) is 2.17. The topological polar surface area (TPSA) is 73.9 Å². The Hall–Kier alpha value is -3.28. The van der Waals surface area contributed by atoms with Gasteiger partial charge in [-0.2, -0.15) is 0 Å². The summed E-state index contributed by atoms with van der Waals surface area (Å²) in [5.74, 6) is -1.21. The van der Waals surface area contributed by atoms with E-state index in [-0.39, 0.29) is 6.47 Å². The first kappa shape index (κ1) is 20.0. The number of anilines is 1. The van der Waals surface area contributed by atoms with E-state index in [0.717, 1.165) is 11.3 Å². The minimum atomic E-state index is -1.32. The lowest BCUT2D eigenvalue weighted by atomic mass is 10.2. The van der Waals surface area contributed by atoms with Crippen LogP contribution in [0.4, 0.5) is 5.69 Å². The van der Waals surface area contributed by atoms with Gasteiger partial charge in [-0.05, 0) is 24.6 Å². The molecule has 0 radical (unpaired) electrons. The minimum absolute atomic E-state index is 0.242. The van der Waals surface area contributed by atoms with E-state index in [1.807, 2.05) is 54.6 Å². The molecule has 0 unspecified atom stereocenters. The molecule has 0 saturated heterocycles. The van der Waals surface area contributed by atoms with Crippen molar-refractivity contribution in [1.29, 1.82) is 0 Å². The molecule has 2 aromatic carbocycles. The molecule has 1 N–H and O–H groups in total. The van der Waals surface area contributed by atoms with Crippen LogP contribution in [-0.4, -0.2) is 18.2 Å². The molecule has 0 bridgehead atoms. The molecular weight excluding hydrogens is 346 g/mol. The van der Waals surface area contributed by atoms with Gasteiger partial charge in [-0.15, -0.1) is 0 Å². The van der Waals surface area contributed by atoms with Crippen LogP contribution in [0.1, 0.15) is 26.3 Å². The van der Waals surface area contributed by atoms with Gasteiger partial charge in [-0.25, -0.2) is 4.79 Å². The molecule has 0 heterocycles. The Kier molecular flexibility index (Phi) is 7.00. The Balaban J connectivity index is 1.93. The molecule has 0 aliphatic heterocycles. The van der Waals surface area contributed by atoms with Crippen LogP contribution in [0.25, 0.3) is 0 Å². The van der Waals surface area contributed by atoms with Crippen molar-refractivity contribution in [2.45, 2.75) is 33.2 Å². The summed E-state index contributed by atoms with van der Waals surface area (Å²) in [4.78, 5) is 22.4. The van der Waals surface area contributed by atoms with Gasteiger partial charge in [0.05, 0.1) is 5.57 Å². The van der Waals surface area contributed by atoms with E-state index in [9.17, 15) is 9.59 Å². The Morgan fingerprint density at radius 2 is 1.85 bits per heavy atom. The number of rotatable bonds is 9. The molecule has 2 aromatic rings. The van der Waals surface area contributed by atoms with Crippen molar-refractivity contribution in [2.24, 2.45) is 0 Å². The van der Waals surface area contributed by atoms with Gasteiger partial charge in [-0.3, -0.25) is 4.79 Å². The van der Waals surface area contributed by atoms with Gasteiger partial charge >= 0.3 is 5.97 Å². The van der Waals surface area contributed by atoms with Crippen LogP contribution in [-0.2, 0) is 25.7 Å². The lowest BCUT2D eigenvalue weighted by Crippen LogP contribution is -2.31. The zero-order valence-corrected chi connectivity index (χ0v) is 15.6. The van der Waals surface area contributed by atoms with Crippen molar-refractivity contribution in [3.8, 4) is 5.75 Å². The van der Waals surface area contributed by atoms with Gasteiger partial charge < -0.3 is 19.5 Å². The molecule has 6 heteroatoms. The summed E-state index contributed by atoms with van der Waals surface area (Å²) in [5, 5.41) is 3.03. The number of hydrogen-bond donors (Lipinski definition) is 1.